The summed E-state index contributed by atoms with van der Waals surface area (Å²) in [6.45, 7) is 0. The molecule has 0 atom stereocenters. The summed E-state index contributed by atoms with van der Waals surface area (Å²) in [5, 5.41) is 7.63. The lowest BCUT2D eigenvalue weighted by Gasteiger charge is -2.11. The van der Waals surface area contributed by atoms with Crippen LogP contribution in [0.4, 0.5) is 0 Å². The van der Waals surface area contributed by atoms with E-state index in [9.17, 15) is 0 Å². The SMILES string of the molecule is c1ccc(-c2ccc(-n3c4ccccc4c4c5c6ccccc6n(-c6ccc(-c7ccc8ccccc8c7)cc6)c5ccc43)cc2)cc1. The highest BCUT2D eigenvalue weighted by molar-refractivity contribution is 6.28. The predicted octanol–water partition coefficient (Wildman–Crippen LogP) is 12.4. The zero-order valence-corrected chi connectivity index (χ0v) is 26.2. The van der Waals surface area contributed by atoms with Crippen molar-refractivity contribution in [1.82, 2.24) is 9.13 Å². The molecule has 2 nitrogen and oxygen atoms in total. The Kier molecular flexibility index (Phi) is 5.91. The Hall–Kier alpha value is -6.38. The molecule has 8 aromatic carbocycles. The van der Waals surface area contributed by atoms with Gasteiger partial charge in [-0.05, 0) is 87.6 Å². The summed E-state index contributed by atoms with van der Waals surface area (Å²) in [4.78, 5) is 0. The van der Waals surface area contributed by atoms with Crippen molar-refractivity contribution in [2.24, 2.45) is 0 Å². The van der Waals surface area contributed by atoms with Crippen LogP contribution >= 0.6 is 0 Å². The molecule has 2 heterocycles. The highest BCUT2D eigenvalue weighted by atomic mass is 15.0. The van der Waals surface area contributed by atoms with Crippen LogP contribution in [0.5, 0.6) is 0 Å². The fourth-order valence-electron chi connectivity index (χ4n) is 7.68. The van der Waals surface area contributed by atoms with E-state index in [1.165, 1.54) is 76.6 Å². The van der Waals surface area contributed by atoms with Crippen molar-refractivity contribution < 1.29 is 0 Å². The first kappa shape index (κ1) is 26.8. The van der Waals surface area contributed by atoms with Gasteiger partial charge < -0.3 is 9.13 Å². The summed E-state index contributed by atoms with van der Waals surface area (Å²) in [6.07, 6.45) is 0. The van der Waals surface area contributed by atoms with Crippen LogP contribution in [0.25, 0.3) is 88.0 Å². The van der Waals surface area contributed by atoms with Crippen molar-refractivity contribution in [3.05, 3.63) is 182 Å². The van der Waals surface area contributed by atoms with Crippen LogP contribution in [0.15, 0.2) is 182 Å². The van der Waals surface area contributed by atoms with Gasteiger partial charge in [0.25, 0.3) is 0 Å². The number of hydrogen-bond acceptors (Lipinski definition) is 0. The molecule has 0 unspecified atom stereocenters. The molecule has 2 aromatic heterocycles. The van der Waals surface area contributed by atoms with Crippen LogP contribution in [0, 0.1) is 0 Å². The third kappa shape index (κ3) is 4.06. The van der Waals surface area contributed by atoms with E-state index in [0.29, 0.717) is 0 Å². The van der Waals surface area contributed by atoms with Gasteiger partial charge in [-0.15, -0.1) is 0 Å². The Bertz CT molecular complexity index is 2800. The molecule has 0 aliphatic carbocycles. The van der Waals surface area contributed by atoms with Gasteiger partial charge in [-0.25, -0.2) is 0 Å². The zero-order chi connectivity index (χ0) is 31.6. The first-order chi connectivity index (χ1) is 23.8. The molecule has 48 heavy (non-hydrogen) atoms. The van der Waals surface area contributed by atoms with Crippen LogP contribution < -0.4 is 0 Å². The summed E-state index contributed by atoms with van der Waals surface area (Å²) < 4.78 is 4.85. The van der Waals surface area contributed by atoms with E-state index in [1.807, 2.05) is 0 Å². The molecule has 224 valence electrons. The molecule has 0 aliphatic rings. The van der Waals surface area contributed by atoms with Crippen molar-refractivity contribution in [3.63, 3.8) is 0 Å². The lowest BCUT2D eigenvalue weighted by Crippen LogP contribution is -1.95. The number of benzene rings is 8. The summed E-state index contributed by atoms with van der Waals surface area (Å²) in [6, 6.07) is 66.1. The molecule has 0 bridgehead atoms. The maximum absolute atomic E-state index is 2.43. The molecule has 0 saturated heterocycles. The third-order valence-corrected chi connectivity index (χ3v) is 9.91. The van der Waals surface area contributed by atoms with Crippen molar-refractivity contribution >= 4 is 54.4 Å². The second kappa shape index (κ2) is 10.6. The van der Waals surface area contributed by atoms with Gasteiger partial charge in [0.05, 0.1) is 22.1 Å². The van der Waals surface area contributed by atoms with Gasteiger partial charge >= 0.3 is 0 Å². The van der Waals surface area contributed by atoms with Crippen molar-refractivity contribution in [2.75, 3.05) is 0 Å². The highest BCUT2D eigenvalue weighted by Gasteiger charge is 2.20. The smallest absolute Gasteiger partial charge is 0.0548 e. The fourth-order valence-corrected chi connectivity index (χ4v) is 7.68. The van der Waals surface area contributed by atoms with Crippen LogP contribution in [-0.4, -0.2) is 9.13 Å². The molecule has 10 rings (SSSR count). The van der Waals surface area contributed by atoms with E-state index in [2.05, 4.69) is 191 Å². The van der Waals surface area contributed by atoms with E-state index >= 15 is 0 Å². The lowest BCUT2D eigenvalue weighted by atomic mass is 10.0. The maximum atomic E-state index is 2.43. The Morgan fingerprint density at radius 2 is 0.708 bits per heavy atom. The molecule has 0 radical (unpaired) electrons. The molecule has 0 fully saturated rings. The standard InChI is InChI=1S/C46H30N2/c1-2-10-31(11-3-1)33-20-24-37(25-21-33)47-41-16-8-6-14-39(41)45-43(47)28-29-44-46(45)40-15-7-9-17-42(40)48(44)38-26-22-34(23-27-38)36-19-18-32-12-4-5-13-35(32)30-36/h1-30H. The minimum atomic E-state index is 1.16. The first-order valence-electron chi connectivity index (χ1n) is 16.5. The number of rotatable bonds is 4. The average molecular weight is 611 g/mol. The van der Waals surface area contributed by atoms with E-state index in [1.54, 1.807) is 0 Å². The Morgan fingerprint density at radius 1 is 0.271 bits per heavy atom. The van der Waals surface area contributed by atoms with Crippen LogP contribution in [0.3, 0.4) is 0 Å². The maximum Gasteiger partial charge on any atom is 0.0548 e. The quantitative estimate of drug-likeness (QED) is 0.188. The van der Waals surface area contributed by atoms with Gasteiger partial charge in [-0.1, -0.05) is 127 Å². The van der Waals surface area contributed by atoms with Crippen LogP contribution in [0.1, 0.15) is 0 Å². The largest absolute Gasteiger partial charge is 0.309 e. The van der Waals surface area contributed by atoms with Crippen LogP contribution in [0.2, 0.25) is 0 Å². The van der Waals surface area contributed by atoms with E-state index in [0.717, 1.165) is 11.4 Å². The fraction of sp³-hybridized carbons (Fsp3) is 0. The molecular weight excluding hydrogens is 581 g/mol. The topological polar surface area (TPSA) is 9.86 Å². The van der Waals surface area contributed by atoms with E-state index in [4.69, 9.17) is 0 Å². The molecule has 0 amide bonds. The zero-order valence-electron chi connectivity index (χ0n) is 26.2. The van der Waals surface area contributed by atoms with Gasteiger partial charge in [0.2, 0.25) is 0 Å². The Balaban J connectivity index is 1.17. The second-order valence-electron chi connectivity index (χ2n) is 12.6. The summed E-state index contributed by atoms with van der Waals surface area (Å²) in [5.74, 6) is 0. The molecule has 0 spiro atoms. The lowest BCUT2D eigenvalue weighted by molar-refractivity contribution is 1.17. The van der Waals surface area contributed by atoms with E-state index in [-0.39, 0.29) is 0 Å². The first-order valence-corrected chi connectivity index (χ1v) is 16.5. The Morgan fingerprint density at radius 3 is 1.29 bits per heavy atom. The molecule has 10 aromatic rings. The second-order valence-corrected chi connectivity index (χ2v) is 12.6. The molecule has 0 N–H and O–H groups in total. The van der Waals surface area contributed by atoms with Gasteiger partial charge in [0.1, 0.15) is 0 Å². The summed E-state index contributed by atoms with van der Waals surface area (Å²) in [7, 11) is 0. The van der Waals surface area contributed by atoms with Crippen molar-refractivity contribution in [2.45, 2.75) is 0 Å². The van der Waals surface area contributed by atoms with Gasteiger partial charge in [0.15, 0.2) is 0 Å². The minimum Gasteiger partial charge on any atom is -0.309 e. The van der Waals surface area contributed by atoms with Gasteiger partial charge in [-0.2, -0.15) is 0 Å². The molecule has 0 saturated carbocycles. The number of aromatic nitrogens is 2. The average Bonchev–Trinajstić information content (AvgIpc) is 3.68. The summed E-state index contributed by atoms with van der Waals surface area (Å²) in [5.41, 5.74) is 12.1. The Labute approximate surface area is 278 Å². The molecular formula is C46H30N2. The number of para-hydroxylation sites is 2. The normalized spacial score (nSPS) is 11.8. The van der Waals surface area contributed by atoms with Crippen LogP contribution in [-0.2, 0) is 0 Å². The van der Waals surface area contributed by atoms with Crippen molar-refractivity contribution in [3.8, 4) is 33.6 Å². The van der Waals surface area contributed by atoms with E-state index < -0.39 is 0 Å². The monoisotopic (exact) mass is 610 g/mol. The summed E-state index contributed by atoms with van der Waals surface area (Å²) >= 11 is 0. The number of nitrogens with zero attached hydrogens (tertiary/aromatic N) is 2. The number of fused-ring (bicyclic) bond motifs is 8. The van der Waals surface area contributed by atoms with Gasteiger partial charge in [-0.3, -0.25) is 0 Å². The number of hydrogen-bond donors (Lipinski definition) is 0. The predicted molar refractivity (Wildman–Crippen MR) is 203 cm³/mol. The molecule has 2 heteroatoms. The third-order valence-electron chi connectivity index (χ3n) is 9.91. The minimum absolute atomic E-state index is 1.16. The van der Waals surface area contributed by atoms with Crippen molar-refractivity contribution in [1.29, 1.82) is 0 Å². The highest BCUT2D eigenvalue weighted by Crippen LogP contribution is 2.42. The molecule has 0 aliphatic heterocycles. The van der Waals surface area contributed by atoms with Gasteiger partial charge in [0, 0.05) is 32.9 Å².